The van der Waals surface area contributed by atoms with Crippen molar-refractivity contribution >= 4 is 23.0 Å². The smallest absolute Gasteiger partial charge is 0.453 e. The van der Waals surface area contributed by atoms with Gasteiger partial charge in [0.1, 0.15) is 22.8 Å². The molecule has 0 aliphatic heterocycles. The number of esters is 1. The lowest BCUT2D eigenvalue weighted by atomic mass is 10.2. The van der Waals surface area contributed by atoms with Crippen LogP contribution in [0.3, 0.4) is 0 Å². The van der Waals surface area contributed by atoms with E-state index in [1.807, 2.05) is 0 Å². The molecule has 0 aliphatic carbocycles. The molecule has 0 fully saturated rings. The maximum Gasteiger partial charge on any atom is 0.453 e. The first-order valence-corrected chi connectivity index (χ1v) is 11.2. The highest BCUT2D eigenvalue weighted by Gasteiger charge is 2.40. The molecule has 0 spiro atoms. The molecule has 11 heteroatoms. The van der Waals surface area contributed by atoms with Gasteiger partial charge in [0.15, 0.2) is 11.5 Å². The fraction of sp³-hybridized carbons (Fsp3) is 0.143. The molecule has 0 unspecified atom stereocenters. The number of benzene rings is 3. The Labute approximate surface area is 219 Å². The summed E-state index contributed by atoms with van der Waals surface area (Å²) >= 11 is 0. The first-order chi connectivity index (χ1) is 18.6. The highest BCUT2D eigenvalue weighted by Crippen LogP contribution is 2.39. The Morgan fingerprint density at radius 2 is 1.49 bits per heavy atom. The number of carbonyl (C=O) groups excluding carboxylic acids is 1. The maximum absolute atomic E-state index is 13.8. The van der Waals surface area contributed by atoms with Crippen LogP contribution in [0.5, 0.6) is 34.5 Å². The third-order valence-electron chi connectivity index (χ3n) is 5.40. The third-order valence-corrected chi connectivity index (χ3v) is 5.40. The van der Waals surface area contributed by atoms with Gasteiger partial charge in [0.2, 0.25) is 11.2 Å². The van der Waals surface area contributed by atoms with E-state index in [9.17, 15) is 22.8 Å². The topological polar surface area (TPSA) is 93.4 Å². The van der Waals surface area contributed by atoms with Crippen LogP contribution in [0, 0.1) is 0 Å². The van der Waals surface area contributed by atoms with Crippen LogP contribution in [-0.4, -0.2) is 27.3 Å². The van der Waals surface area contributed by atoms with E-state index in [1.54, 1.807) is 18.2 Å². The van der Waals surface area contributed by atoms with Crippen molar-refractivity contribution in [1.82, 2.24) is 0 Å². The Kier molecular flexibility index (Phi) is 7.80. The maximum atomic E-state index is 13.8. The van der Waals surface area contributed by atoms with Crippen molar-refractivity contribution in [1.29, 1.82) is 0 Å². The number of hydrogen-bond donors (Lipinski definition) is 0. The molecule has 0 saturated heterocycles. The lowest BCUT2D eigenvalue weighted by Gasteiger charge is -2.13. The van der Waals surface area contributed by atoms with E-state index in [-0.39, 0.29) is 16.9 Å². The fourth-order valence-corrected chi connectivity index (χ4v) is 3.53. The summed E-state index contributed by atoms with van der Waals surface area (Å²) in [4.78, 5) is 25.3. The van der Waals surface area contributed by atoms with Crippen LogP contribution < -0.4 is 29.1 Å². The molecule has 202 valence electrons. The van der Waals surface area contributed by atoms with Crippen molar-refractivity contribution < 1.29 is 46.1 Å². The molecule has 3 aromatic carbocycles. The summed E-state index contributed by atoms with van der Waals surface area (Å²) in [5.41, 5.74) is -0.887. The van der Waals surface area contributed by atoms with E-state index in [1.165, 1.54) is 63.8 Å². The van der Waals surface area contributed by atoms with E-state index in [4.69, 9.17) is 28.1 Å². The van der Waals surface area contributed by atoms with Gasteiger partial charge in [-0.1, -0.05) is 6.07 Å². The molecule has 4 aromatic rings. The van der Waals surface area contributed by atoms with Gasteiger partial charge < -0.3 is 28.1 Å². The molecule has 0 amide bonds. The van der Waals surface area contributed by atoms with Gasteiger partial charge in [-0.05, 0) is 60.2 Å². The molecule has 0 aliphatic rings. The Balaban J connectivity index is 1.61. The highest BCUT2D eigenvalue weighted by molar-refractivity contribution is 5.89. The summed E-state index contributed by atoms with van der Waals surface area (Å²) in [5, 5.41) is -0.202. The number of rotatable bonds is 8. The van der Waals surface area contributed by atoms with Crippen molar-refractivity contribution in [3.05, 3.63) is 88.3 Å². The average molecular weight is 542 g/mol. The number of carbonyl (C=O) groups is 1. The summed E-state index contributed by atoms with van der Waals surface area (Å²) in [7, 11) is 4.38. The molecule has 0 N–H and O–H groups in total. The molecule has 0 atom stereocenters. The van der Waals surface area contributed by atoms with Gasteiger partial charge in [0.25, 0.3) is 5.76 Å². The van der Waals surface area contributed by atoms with Crippen LogP contribution in [0.15, 0.2) is 76.0 Å². The van der Waals surface area contributed by atoms with Crippen LogP contribution in [0.4, 0.5) is 13.2 Å². The van der Waals surface area contributed by atoms with Crippen LogP contribution >= 0.6 is 0 Å². The summed E-state index contributed by atoms with van der Waals surface area (Å²) < 4.78 is 72.3. The van der Waals surface area contributed by atoms with Crippen LogP contribution in [0.25, 0.3) is 17.0 Å². The minimum absolute atomic E-state index is 0.0280. The van der Waals surface area contributed by atoms with Crippen molar-refractivity contribution in [3.63, 3.8) is 0 Å². The minimum Gasteiger partial charge on any atom is -0.497 e. The summed E-state index contributed by atoms with van der Waals surface area (Å²) in [6.07, 6.45) is -2.48. The Morgan fingerprint density at radius 1 is 0.821 bits per heavy atom. The number of hydrogen-bond acceptors (Lipinski definition) is 8. The summed E-state index contributed by atoms with van der Waals surface area (Å²) in [5.74, 6) is -2.23. The van der Waals surface area contributed by atoms with Gasteiger partial charge >= 0.3 is 12.1 Å². The van der Waals surface area contributed by atoms with E-state index >= 15 is 0 Å². The molecular weight excluding hydrogens is 521 g/mol. The standard InChI is InChI=1S/C28H21F3O8/c1-34-17-6-8-18(9-7-17)38-26-25(33)20-11-10-19(15-22(20)39-27(26)28(29,30)31)37-24(32)13-5-16-4-12-21(35-2)23(14-16)36-3/h4-15H,1-3H3. The second kappa shape index (κ2) is 11.2. The second-order valence-electron chi connectivity index (χ2n) is 7.89. The van der Waals surface area contributed by atoms with E-state index in [0.717, 1.165) is 12.1 Å². The van der Waals surface area contributed by atoms with Crippen molar-refractivity contribution in [2.45, 2.75) is 6.18 Å². The molecule has 1 heterocycles. The zero-order valence-electron chi connectivity index (χ0n) is 20.8. The lowest BCUT2D eigenvalue weighted by Crippen LogP contribution is -2.15. The van der Waals surface area contributed by atoms with Crippen molar-refractivity contribution in [2.75, 3.05) is 21.3 Å². The first-order valence-electron chi connectivity index (χ1n) is 11.2. The van der Waals surface area contributed by atoms with Gasteiger partial charge in [-0.25, -0.2) is 4.79 Å². The zero-order valence-corrected chi connectivity index (χ0v) is 20.8. The normalized spacial score (nSPS) is 11.4. The number of ether oxygens (including phenoxy) is 5. The SMILES string of the molecule is COc1ccc(Oc2c(C(F)(F)F)oc3cc(OC(=O)C=Cc4ccc(OC)c(OC)c4)ccc3c2=O)cc1. The Hall–Kier alpha value is -4.93. The van der Waals surface area contributed by atoms with Gasteiger partial charge in [0.05, 0.1) is 26.7 Å². The molecule has 39 heavy (non-hydrogen) atoms. The monoisotopic (exact) mass is 542 g/mol. The Bertz CT molecular complexity index is 1590. The molecule has 0 bridgehead atoms. The zero-order chi connectivity index (χ0) is 28.2. The molecule has 0 saturated carbocycles. The van der Waals surface area contributed by atoms with E-state index in [2.05, 4.69) is 0 Å². The minimum atomic E-state index is -5.05. The largest absolute Gasteiger partial charge is 0.497 e. The molecule has 4 rings (SSSR count). The van der Waals surface area contributed by atoms with Crippen molar-refractivity contribution in [2.24, 2.45) is 0 Å². The lowest BCUT2D eigenvalue weighted by molar-refractivity contribution is -0.154. The molecule has 8 nitrogen and oxygen atoms in total. The van der Waals surface area contributed by atoms with E-state index < -0.39 is 34.7 Å². The predicted molar refractivity (Wildman–Crippen MR) is 135 cm³/mol. The van der Waals surface area contributed by atoms with Gasteiger partial charge in [0, 0.05) is 12.1 Å². The fourth-order valence-electron chi connectivity index (χ4n) is 3.53. The summed E-state index contributed by atoms with van der Waals surface area (Å²) in [6.45, 7) is 0. The summed E-state index contributed by atoms with van der Waals surface area (Å²) in [6, 6.07) is 14.1. The van der Waals surface area contributed by atoms with Crippen molar-refractivity contribution in [3.8, 4) is 34.5 Å². The van der Waals surface area contributed by atoms with Gasteiger partial charge in [-0.2, -0.15) is 13.2 Å². The first kappa shape index (κ1) is 27.1. The molecule has 0 radical (unpaired) electrons. The Morgan fingerprint density at radius 3 is 2.13 bits per heavy atom. The highest BCUT2D eigenvalue weighted by atomic mass is 19.4. The van der Waals surface area contributed by atoms with Crippen LogP contribution in [-0.2, 0) is 11.0 Å². The number of fused-ring (bicyclic) bond motifs is 1. The molecule has 1 aromatic heterocycles. The van der Waals surface area contributed by atoms with Gasteiger partial charge in [-0.3, -0.25) is 4.79 Å². The number of halogens is 3. The van der Waals surface area contributed by atoms with Gasteiger partial charge in [-0.15, -0.1) is 0 Å². The van der Waals surface area contributed by atoms with Crippen LogP contribution in [0.2, 0.25) is 0 Å². The third kappa shape index (κ3) is 6.15. The number of methoxy groups -OCH3 is 3. The molecular formula is C28H21F3O8. The predicted octanol–water partition coefficient (Wildman–Crippen LogP) is 6.25. The number of alkyl halides is 3. The quantitative estimate of drug-likeness (QED) is 0.147. The van der Waals surface area contributed by atoms with Crippen LogP contribution in [0.1, 0.15) is 11.3 Å². The second-order valence-corrected chi connectivity index (χ2v) is 7.89. The van der Waals surface area contributed by atoms with E-state index in [0.29, 0.717) is 22.8 Å². The average Bonchev–Trinajstić information content (AvgIpc) is 2.92.